The Hall–Kier alpha value is -1.40. The van der Waals surface area contributed by atoms with Crippen molar-refractivity contribution in [3.05, 3.63) is 30.1 Å². The van der Waals surface area contributed by atoms with Gasteiger partial charge in [-0.15, -0.1) is 0 Å². The van der Waals surface area contributed by atoms with E-state index in [0.717, 1.165) is 32.4 Å². The van der Waals surface area contributed by atoms with Gasteiger partial charge in [-0.05, 0) is 43.5 Å². The van der Waals surface area contributed by atoms with Gasteiger partial charge in [0.05, 0.1) is 11.5 Å². The van der Waals surface area contributed by atoms with Crippen molar-refractivity contribution in [3.8, 4) is 6.07 Å². The number of hydrogen-bond donors (Lipinski definition) is 1. The van der Waals surface area contributed by atoms with Crippen molar-refractivity contribution >= 4 is 0 Å². The topological polar surface area (TPSA) is 48.7 Å². The van der Waals surface area contributed by atoms with Gasteiger partial charge in [0.25, 0.3) is 0 Å². The first-order valence-corrected chi connectivity index (χ1v) is 5.86. The molecule has 0 bridgehead atoms. The van der Waals surface area contributed by atoms with Crippen LogP contribution < -0.4 is 5.32 Å². The molecule has 3 nitrogen and oxygen atoms in total. The van der Waals surface area contributed by atoms with E-state index in [9.17, 15) is 0 Å². The summed E-state index contributed by atoms with van der Waals surface area (Å²) < 4.78 is 0. The van der Waals surface area contributed by atoms with Crippen LogP contribution in [0, 0.1) is 16.7 Å². The average molecular weight is 215 g/mol. The molecule has 0 atom stereocenters. The SMILES string of the molecule is N#CC1(CNCCc2ccncc2)CCC1. The molecule has 0 saturated heterocycles. The number of nitrogens with one attached hydrogen (secondary N) is 1. The minimum atomic E-state index is -0.0573. The number of hydrogen-bond acceptors (Lipinski definition) is 3. The Morgan fingerprint density at radius 1 is 1.38 bits per heavy atom. The Bertz CT molecular complexity index is 363. The van der Waals surface area contributed by atoms with E-state index in [1.165, 1.54) is 12.0 Å². The van der Waals surface area contributed by atoms with Gasteiger partial charge in [-0.1, -0.05) is 6.42 Å². The van der Waals surface area contributed by atoms with E-state index in [1.807, 2.05) is 24.5 Å². The monoisotopic (exact) mass is 215 g/mol. The van der Waals surface area contributed by atoms with Crippen LogP contribution in [0.3, 0.4) is 0 Å². The summed E-state index contributed by atoms with van der Waals surface area (Å²) >= 11 is 0. The zero-order valence-corrected chi connectivity index (χ0v) is 9.45. The van der Waals surface area contributed by atoms with Crippen molar-refractivity contribution in [2.75, 3.05) is 13.1 Å². The molecule has 0 amide bonds. The molecule has 1 aliphatic carbocycles. The van der Waals surface area contributed by atoms with Crippen LogP contribution in [0.5, 0.6) is 0 Å². The second-order valence-electron chi connectivity index (χ2n) is 4.53. The highest BCUT2D eigenvalue weighted by Gasteiger charge is 2.36. The fourth-order valence-corrected chi connectivity index (χ4v) is 2.04. The van der Waals surface area contributed by atoms with E-state index < -0.39 is 0 Å². The molecule has 0 unspecified atom stereocenters. The lowest BCUT2D eigenvalue weighted by molar-refractivity contribution is 0.208. The molecule has 1 heterocycles. The lowest BCUT2D eigenvalue weighted by Gasteiger charge is -2.35. The van der Waals surface area contributed by atoms with Crippen molar-refractivity contribution in [3.63, 3.8) is 0 Å². The van der Waals surface area contributed by atoms with Crippen molar-refractivity contribution in [2.24, 2.45) is 5.41 Å². The van der Waals surface area contributed by atoms with Gasteiger partial charge in [0.15, 0.2) is 0 Å². The summed E-state index contributed by atoms with van der Waals surface area (Å²) in [6.07, 6.45) is 7.97. The van der Waals surface area contributed by atoms with Crippen LogP contribution in [0.25, 0.3) is 0 Å². The molecule has 1 aliphatic rings. The first-order chi connectivity index (χ1) is 7.85. The lowest BCUT2D eigenvalue weighted by atomic mass is 9.70. The van der Waals surface area contributed by atoms with Crippen LogP contribution in [-0.4, -0.2) is 18.1 Å². The fourth-order valence-electron chi connectivity index (χ4n) is 2.04. The second kappa shape index (κ2) is 5.09. The molecule has 1 aromatic heterocycles. The maximum Gasteiger partial charge on any atom is 0.0703 e. The highest BCUT2D eigenvalue weighted by molar-refractivity contribution is 5.10. The summed E-state index contributed by atoms with van der Waals surface area (Å²) in [5.74, 6) is 0. The first-order valence-electron chi connectivity index (χ1n) is 5.86. The molecule has 1 N–H and O–H groups in total. The minimum absolute atomic E-state index is 0.0573. The van der Waals surface area contributed by atoms with E-state index in [0.29, 0.717) is 0 Å². The Balaban J connectivity index is 1.68. The van der Waals surface area contributed by atoms with E-state index in [2.05, 4.69) is 16.4 Å². The van der Waals surface area contributed by atoms with Crippen molar-refractivity contribution < 1.29 is 0 Å². The molecular weight excluding hydrogens is 198 g/mol. The molecule has 1 fully saturated rings. The van der Waals surface area contributed by atoms with Crippen LogP contribution in [0.15, 0.2) is 24.5 Å². The Labute approximate surface area is 96.5 Å². The van der Waals surface area contributed by atoms with E-state index in [-0.39, 0.29) is 5.41 Å². The van der Waals surface area contributed by atoms with Crippen LogP contribution in [-0.2, 0) is 6.42 Å². The summed E-state index contributed by atoms with van der Waals surface area (Å²) in [5.41, 5.74) is 1.24. The summed E-state index contributed by atoms with van der Waals surface area (Å²) in [5, 5.41) is 12.4. The highest BCUT2D eigenvalue weighted by Crippen LogP contribution is 2.39. The third-order valence-electron chi connectivity index (χ3n) is 3.35. The van der Waals surface area contributed by atoms with Gasteiger partial charge in [-0.25, -0.2) is 0 Å². The number of aromatic nitrogens is 1. The predicted octanol–water partition coefficient (Wildman–Crippen LogP) is 1.91. The smallest absolute Gasteiger partial charge is 0.0703 e. The van der Waals surface area contributed by atoms with Gasteiger partial charge in [0, 0.05) is 18.9 Å². The molecule has 16 heavy (non-hydrogen) atoms. The summed E-state index contributed by atoms with van der Waals surface area (Å²) in [4.78, 5) is 3.99. The molecule has 3 heteroatoms. The zero-order valence-electron chi connectivity index (χ0n) is 9.45. The van der Waals surface area contributed by atoms with Crippen LogP contribution in [0.1, 0.15) is 24.8 Å². The van der Waals surface area contributed by atoms with Crippen molar-refractivity contribution in [1.82, 2.24) is 10.3 Å². The summed E-state index contributed by atoms with van der Waals surface area (Å²) in [7, 11) is 0. The molecular formula is C13H17N3. The van der Waals surface area contributed by atoms with E-state index >= 15 is 0 Å². The maximum atomic E-state index is 9.05. The van der Waals surface area contributed by atoms with Crippen molar-refractivity contribution in [1.29, 1.82) is 5.26 Å². The van der Waals surface area contributed by atoms with Gasteiger partial charge in [-0.3, -0.25) is 4.98 Å². The first kappa shape index (κ1) is 11.1. The maximum absolute atomic E-state index is 9.05. The third kappa shape index (κ3) is 2.59. The highest BCUT2D eigenvalue weighted by atomic mass is 14.9. The standard InChI is InChI=1S/C13H17N3/c14-10-13(5-1-6-13)11-16-9-4-12-2-7-15-8-3-12/h2-3,7-8,16H,1,4-6,9,11H2. The Kier molecular flexibility index (Phi) is 3.53. The molecule has 0 radical (unpaired) electrons. The largest absolute Gasteiger partial charge is 0.315 e. The van der Waals surface area contributed by atoms with E-state index in [4.69, 9.17) is 5.26 Å². The predicted molar refractivity (Wildman–Crippen MR) is 62.7 cm³/mol. The van der Waals surface area contributed by atoms with Gasteiger partial charge in [0.1, 0.15) is 0 Å². The summed E-state index contributed by atoms with van der Waals surface area (Å²) in [6, 6.07) is 6.51. The number of pyridine rings is 1. The molecule has 2 rings (SSSR count). The quantitative estimate of drug-likeness (QED) is 0.763. The van der Waals surface area contributed by atoms with Crippen LogP contribution >= 0.6 is 0 Å². The molecule has 0 aliphatic heterocycles. The second-order valence-corrected chi connectivity index (χ2v) is 4.53. The number of nitrogens with zero attached hydrogens (tertiary/aromatic N) is 2. The number of rotatable bonds is 5. The molecule has 1 aromatic rings. The molecule has 0 spiro atoms. The number of nitriles is 1. The van der Waals surface area contributed by atoms with Gasteiger partial charge in [0.2, 0.25) is 0 Å². The van der Waals surface area contributed by atoms with Gasteiger partial charge < -0.3 is 5.32 Å². The van der Waals surface area contributed by atoms with Gasteiger partial charge >= 0.3 is 0 Å². The molecule has 84 valence electrons. The van der Waals surface area contributed by atoms with Gasteiger partial charge in [-0.2, -0.15) is 5.26 Å². The molecule has 0 aromatic carbocycles. The Morgan fingerprint density at radius 3 is 2.69 bits per heavy atom. The van der Waals surface area contributed by atoms with Crippen LogP contribution in [0.2, 0.25) is 0 Å². The fraction of sp³-hybridized carbons (Fsp3) is 0.538. The minimum Gasteiger partial charge on any atom is -0.315 e. The zero-order chi connectivity index (χ0) is 11.3. The van der Waals surface area contributed by atoms with Crippen LogP contribution in [0.4, 0.5) is 0 Å². The third-order valence-corrected chi connectivity index (χ3v) is 3.35. The summed E-state index contributed by atoms with van der Waals surface area (Å²) in [6.45, 7) is 1.78. The average Bonchev–Trinajstić information content (AvgIpc) is 2.29. The normalized spacial score (nSPS) is 17.4. The van der Waals surface area contributed by atoms with E-state index in [1.54, 1.807) is 0 Å². The lowest BCUT2D eigenvalue weighted by Crippen LogP contribution is -2.39. The van der Waals surface area contributed by atoms with Crippen molar-refractivity contribution in [2.45, 2.75) is 25.7 Å². The molecule has 1 saturated carbocycles. The Morgan fingerprint density at radius 2 is 2.12 bits per heavy atom.